The lowest BCUT2D eigenvalue weighted by Gasteiger charge is -2.09. The lowest BCUT2D eigenvalue weighted by atomic mass is 10.2. The summed E-state index contributed by atoms with van der Waals surface area (Å²) in [6.07, 6.45) is 0. The minimum Gasteiger partial charge on any atom is -0.461 e. The van der Waals surface area contributed by atoms with Crippen LogP contribution in [-0.2, 0) is 16.1 Å². The van der Waals surface area contributed by atoms with Crippen LogP contribution >= 0.6 is 0 Å². The molecule has 0 unspecified atom stereocenters. The second kappa shape index (κ2) is 5.59. The van der Waals surface area contributed by atoms with Crippen molar-refractivity contribution in [3.63, 3.8) is 0 Å². The Bertz CT molecular complexity index is 359. The number of esters is 1. The summed E-state index contributed by atoms with van der Waals surface area (Å²) in [5.41, 5.74) is 11.9. The van der Waals surface area contributed by atoms with E-state index in [4.69, 9.17) is 15.9 Å². The number of hydrogen-bond acceptors (Lipinski definition) is 4. The Morgan fingerprint density at radius 2 is 2.31 bits per heavy atom. The second-order valence-corrected chi connectivity index (χ2v) is 3.14. The van der Waals surface area contributed by atoms with Gasteiger partial charge in [0.05, 0.1) is 5.69 Å². The number of benzene rings is 1. The first-order chi connectivity index (χ1) is 7.58. The maximum Gasteiger partial charge on any atom is 0.302 e. The number of carbonyl (C=O) groups excluding carboxylic acids is 1. The molecule has 0 amide bonds. The van der Waals surface area contributed by atoms with Gasteiger partial charge in [0.15, 0.2) is 0 Å². The molecule has 86 valence electrons. The standard InChI is InChI=1S/C10H14N4O2/c1-7(15)16-6-8-3-2-4-9(5-8)13-14-10(11)12/h2-5,13H,6H2,1H3,(H4,11,12,14). The average molecular weight is 222 g/mol. The topological polar surface area (TPSA) is 100 Å². The highest BCUT2D eigenvalue weighted by atomic mass is 16.5. The van der Waals surface area contributed by atoms with Gasteiger partial charge in [-0.2, -0.15) is 0 Å². The number of nitrogens with one attached hydrogen (secondary N) is 3. The molecule has 0 saturated carbocycles. The molecule has 0 saturated heterocycles. The van der Waals surface area contributed by atoms with Gasteiger partial charge in [-0.25, -0.2) is 0 Å². The second-order valence-electron chi connectivity index (χ2n) is 3.14. The van der Waals surface area contributed by atoms with E-state index in [1.165, 1.54) is 6.92 Å². The summed E-state index contributed by atoms with van der Waals surface area (Å²) in [5, 5.41) is 6.97. The van der Waals surface area contributed by atoms with Crippen LogP contribution in [0.25, 0.3) is 0 Å². The van der Waals surface area contributed by atoms with Crippen LogP contribution in [-0.4, -0.2) is 11.9 Å². The summed E-state index contributed by atoms with van der Waals surface area (Å²) in [6, 6.07) is 7.23. The Hall–Kier alpha value is -2.24. The molecular weight excluding hydrogens is 208 g/mol. The molecule has 0 fully saturated rings. The largest absolute Gasteiger partial charge is 0.461 e. The van der Waals surface area contributed by atoms with E-state index in [0.717, 1.165) is 11.3 Å². The first-order valence-corrected chi connectivity index (χ1v) is 4.66. The van der Waals surface area contributed by atoms with E-state index < -0.39 is 0 Å². The van der Waals surface area contributed by atoms with Crippen molar-refractivity contribution >= 4 is 17.6 Å². The highest BCUT2D eigenvalue weighted by Gasteiger charge is 1.98. The SMILES string of the molecule is CC(=O)OCc1cccc(NNC(=N)N)c1. The summed E-state index contributed by atoms with van der Waals surface area (Å²) in [5.74, 6) is -0.495. The molecule has 0 bridgehead atoms. The number of carbonyl (C=O) groups is 1. The third kappa shape index (κ3) is 4.32. The van der Waals surface area contributed by atoms with Crippen LogP contribution in [0, 0.1) is 5.41 Å². The van der Waals surface area contributed by atoms with Crippen LogP contribution in [0.4, 0.5) is 5.69 Å². The number of hydrogen-bond donors (Lipinski definition) is 4. The molecule has 16 heavy (non-hydrogen) atoms. The van der Waals surface area contributed by atoms with Gasteiger partial charge in [0.25, 0.3) is 0 Å². The highest BCUT2D eigenvalue weighted by Crippen LogP contribution is 2.10. The molecule has 0 atom stereocenters. The predicted molar refractivity (Wildman–Crippen MR) is 60.6 cm³/mol. The van der Waals surface area contributed by atoms with E-state index in [-0.39, 0.29) is 18.5 Å². The molecule has 0 heterocycles. The predicted octanol–water partition coefficient (Wildman–Crippen LogP) is 0.560. The number of anilines is 1. The highest BCUT2D eigenvalue weighted by molar-refractivity contribution is 5.75. The van der Waals surface area contributed by atoms with Crippen molar-refractivity contribution in [2.75, 3.05) is 5.43 Å². The molecular formula is C10H14N4O2. The Labute approximate surface area is 93.3 Å². The van der Waals surface area contributed by atoms with Gasteiger partial charge in [-0.15, -0.1) is 0 Å². The van der Waals surface area contributed by atoms with Crippen molar-refractivity contribution in [1.29, 1.82) is 5.41 Å². The maximum atomic E-state index is 10.6. The van der Waals surface area contributed by atoms with Gasteiger partial charge in [0.2, 0.25) is 5.96 Å². The molecule has 5 N–H and O–H groups in total. The maximum absolute atomic E-state index is 10.6. The molecule has 0 aliphatic heterocycles. The Morgan fingerprint density at radius 1 is 1.56 bits per heavy atom. The smallest absolute Gasteiger partial charge is 0.302 e. The first kappa shape index (κ1) is 11.8. The van der Waals surface area contributed by atoms with E-state index in [0.29, 0.717) is 0 Å². The molecule has 1 aromatic carbocycles. The number of nitrogens with two attached hydrogens (primary N) is 1. The Morgan fingerprint density at radius 3 is 2.94 bits per heavy atom. The van der Waals surface area contributed by atoms with Crippen LogP contribution in [0.1, 0.15) is 12.5 Å². The molecule has 0 radical (unpaired) electrons. The summed E-state index contributed by atoms with van der Waals surface area (Å²) in [4.78, 5) is 10.6. The fourth-order valence-corrected chi connectivity index (χ4v) is 1.06. The molecule has 0 aliphatic rings. The van der Waals surface area contributed by atoms with Gasteiger partial charge in [-0.05, 0) is 17.7 Å². The third-order valence-corrected chi connectivity index (χ3v) is 1.71. The summed E-state index contributed by atoms with van der Waals surface area (Å²) in [7, 11) is 0. The van der Waals surface area contributed by atoms with Gasteiger partial charge in [0, 0.05) is 6.92 Å². The van der Waals surface area contributed by atoms with Crippen LogP contribution in [0.15, 0.2) is 24.3 Å². The van der Waals surface area contributed by atoms with Gasteiger partial charge in [0.1, 0.15) is 6.61 Å². The van der Waals surface area contributed by atoms with E-state index in [9.17, 15) is 4.79 Å². The fraction of sp³-hybridized carbons (Fsp3) is 0.200. The van der Waals surface area contributed by atoms with Crippen molar-refractivity contribution < 1.29 is 9.53 Å². The zero-order valence-corrected chi connectivity index (χ0v) is 8.91. The number of ether oxygens (including phenoxy) is 1. The van der Waals surface area contributed by atoms with Crippen molar-refractivity contribution in [1.82, 2.24) is 5.43 Å². The quantitative estimate of drug-likeness (QED) is 0.258. The normalized spacial score (nSPS) is 9.31. The van der Waals surface area contributed by atoms with Crippen LogP contribution in [0.5, 0.6) is 0 Å². The Balaban J connectivity index is 2.56. The van der Waals surface area contributed by atoms with E-state index >= 15 is 0 Å². The van der Waals surface area contributed by atoms with Crippen LogP contribution < -0.4 is 16.6 Å². The van der Waals surface area contributed by atoms with Gasteiger partial charge < -0.3 is 10.5 Å². The monoisotopic (exact) mass is 222 g/mol. The molecule has 6 nitrogen and oxygen atoms in total. The minimum atomic E-state index is -0.319. The Kier molecular flexibility index (Phi) is 4.14. The van der Waals surface area contributed by atoms with Crippen LogP contribution in [0.2, 0.25) is 0 Å². The molecule has 1 rings (SSSR count). The van der Waals surface area contributed by atoms with Crippen molar-refractivity contribution in [2.45, 2.75) is 13.5 Å². The van der Waals surface area contributed by atoms with Gasteiger partial charge in [-0.3, -0.25) is 21.1 Å². The zero-order valence-electron chi connectivity index (χ0n) is 8.91. The fourth-order valence-electron chi connectivity index (χ4n) is 1.06. The zero-order chi connectivity index (χ0) is 12.0. The van der Waals surface area contributed by atoms with Crippen molar-refractivity contribution in [3.8, 4) is 0 Å². The van der Waals surface area contributed by atoms with Crippen molar-refractivity contribution in [3.05, 3.63) is 29.8 Å². The number of hydrazine groups is 1. The average Bonchev–Trinajstić information content (AvgIpc) is 2.24. The lowest BCUT2D eigenvalue weighted by molar-refractivity contribution is -0.142. The number of rotatable bonds is 4. The molecule has 0 aliphatic carbocycles. The summed E-state index contributed by atoms with van der Waals surface area (Å²) >= 11 is 0. The number of guanidine groups is 1. The van der Waals surface area contributed by atoms with Crippen LogP contribution in [0.3, 0.4) is 0 Å². The molecule has 0 aromatic heterocycles. The van der Waals surface area contributed by atoms with E-state index in [2.05, 4.69) is 10.9 Å². The summed E-state index contributed by atoms with van der Waals surface area (Å²) in [6.45, 7) is 1.59. The minimum absolute atomic E-state index is 0.176. The molecule has 0 spiro atoms. The third-order valence-electron chi connectivity index (χ3n) is 1.71. The van der Waals surface area contributed by atoms with Gasteiger partial charge >= 0.3 is 5.97 Å². The molecule has 6 heteroatoms. The van der Waals surface area contributed by atoms with Gasteiger partial charge in [-0.1, -0.05) is 12.1 Å². The van der Waals surface area contributed by atoms with Crippen molar-refractivity contribution in [2.24, 2.45) is 5.73 Å². The summed E-state index contributed by atoms with van der Waals surface area (Å²) < 4.78 is 4.85. The molecule has 1 aromatic rings. The lowest BCUT2D eigenvalue weighted by Crippen LogP contribution is -2.34. The van der Waals surface area contributed by atoms with E-state index in [1.54, 1.807) is 12.1 Å². The van der Waals surface area contributed by atoms with E-state index in [1.807, 2.05) is 12.1 Å². The first-order valence-electron chi connectivity index (χ1n) is 4.66.